The molecule has 0 saturated carbocycles. The molecule has 1 aliphatic heterocycles. The van der Waals surface area contributed by atoms with Gasteiger partial charge in [-0.15, -0.1) is 0 Å². The van der Waals surface area contributed by atoms with Gasteiger partial charge in [-0.25, -0.2) is 4.98 Å². The lowest BCUT2D eigenvalue weighted by Crippen LogP contribution is -2.28. The van der Waals surface area contributed by atoms with Crippen LogP contribution in [0.4, 0.5) is 11.5 Å². The van der Waals surface area contributed by atoms with Gasteiger partial charge in [0.2, 0.25) is 0 Å². The number of hydrogen-bond acceptors (Lipinski definition) is 4. The average molecular weight is 256 g/mol. The summed E-state index contributed by atoms with van der Waals surface area (Å²) in [6.45, 7) is 6.23. The molecule has 2 heterocycles. The van der Waals surface area contributed by atoms with E-state index in [1.54, 1.807) is 0 Å². The molecule has 1 aromatic carbocycles. The molecule has 4 nitrogen and oxygen atoms in total. The number of nitrogens with zero attached hydrogens (tertiary/aromatic N) is 2. The Morgan fingerprint density at radius 2 is 2.11 bits per heavy atom. The van der Waals surface area contributed by atoms with Gasteiger partial charge in [0.1, 0.15) is 5.82 Å². The topological polar surface area (TPSA) is 54.2 Å². The molecule has 0 amide bonds. The lowest BCUT2D eigenvalue weighted by atomic mass is 10.1. The van der Waals surface area contributed by atoms with Gasteiger partial charge in [-0.05, 0) is 43.7 Å². The first-order valence-corrected chi connectivity index (χ1v) is 6.86. The molecule has 0 spiro atoms. The predicted octanol–water partition coefficient (Wildman–Crippen LogP) is 1.93. The molecule has 0 unspecified atom stereocenters. The molecular weight excluding hydrogens is 236 g/mol. The quantitative estimate of drug-likeness (QED) is 0.765. The van der Waals surface area contributed by atoms with E-state index in [1.807, 2.05) is 18.3 Å². The summed E-state index contributed by atoms with van der Waals surface area (Å²) in [4.78, 5) is 6.96. The van der Waals surface area contributed by atoms with Crippen molar-refractivity contribution < 1.29 is 0 Å². The zero-order valence-electron chi connectivity index (χ0n) is 11.3. The van der Waals surface area contributed by atoms with Crippen LogP contribution in [-0.4, -0.2) is 31.2 Å². The molecule has 3 N–H and O–H groups in total. The first-order chi connectivity index (χ1) is 9.25. The van der Waals surface area contributed by atoms with E-state index in [1.165, 1.54) is 10.9 Å². The number of rotatable bonds is 1. The molecule has 19 heavy (non-hydrogen) atoms. The lowest BCUT2D eigenvalue weighted by molar-refractivity contribution is 0.724. The number of pyridine rings is 1. The Balaban J connectivity index is 2.12. The molecule has 0 atom stereocenters. The van der Waals surface area contributed by atoms with E-state index in [4.69, 9.17) is 5.73 Å². The van der Waals surface area contributed by atoms with Gasteiger partial charge in [-0.3, -0.25) is 0 Å². The molecule has 1 aliphatic rings. The molecule has 0 radical (unpaired) electrons. The van der Waals surface area contributed by atoms with Crippen LogP contribution in [0.2, 0.25) is 0 Å². The first-order valence-electron chi connectivity index (χ1n) is 6.86. The lowest BCUT2D eigenvalue weighted by Gasteiger charge is -2.23. The van der Waals surface area contributed by atoms with Crippen molar-refractivity contribution in [3.8, 4) is 0 Å². The summed E-state index contributed by atoms with van der Waals surface area (Å²) in [6, 6.07) is 6.21. The molecule has 3 rings (SSSR count). The van der Waals surface area contributed by atoms with Crippen LogP contribution in [0.25, 0.3) is 10.8 Å². The van der Waals surface area contributed by atoms with Gasteiger partial charge in [0.25, 0.3) is 0 Å². The van der Waals surface area contributed by atoms with Crippen LogP contribution in [0.3, 0.4) is 0 Å². The summed E-state index contributed by atoms with van der Waals surface area (Å²) in [5, 5.41) is 5.70. The summed E-state index contributed by atoms with van der Waals surface area (Å²) < 4.78 is 0. The highest BCUT2D eigenvalue weighted by molar-refractivity contribution is 6.00. The highest BCUT2D eigenvalue weighted by Gasteiger charge is 2.14. The second-order valence-corrected chi connectivity index (χ2v) is 5.17. The van der Waals surface area contributed by atoms with Gasteiger partial charge in [0.15, 0.2) is 0 Å². The van der Waals surface area contributed by atoms with Crippen molar-refractivity contribution in [2.45, 2.75) is 13.3 Å². The van der Waals surface area contributed by atoms with Crippen LogP contribution >= 0.6 is 0 Å². The van der Waals surface area contributed by atoms with Gasteiger partial charge in [0, 0.05) is 42.3 Å². The highest BCUT2D eigenvalue weighted by Crippen LogP contribution is 2.29. The Kier molecular flexibility index (Phi) is 3.25. The van der Waals surface area contributed by atoms with Gasteiger partial charge in [-0.1, -0.05) is 0 Å². The number of nitrogen functional groups attached to an aromatic ring is 1. The normalized spacial score (nSPS) is 16.6. The number of aryl methyl sites for hydroxylation is 1. The van der Waals surface area contributed by atoms with Gasteiger partial charge in [0.05, 0.1) is 0 Å². The number of nitrogens with two attached hydrogens (primary N) is 1. The van der Waals surface area contributed by atoms with Crippen molar-refractivity contribution in [3.63, 3.8) is 0 Å². The molecule has 1 saturated heterocycles. The largest absolute Gasteiger partial charge is 0.398 e. The van der Waals surface area contributed by atoms with Crippen molar-refractivity contribution in [2.75, 3.05) is 36.8 Å². The van der Waals surface area contributed by atoms with Crippen LogP contribution in [0, 0.1) is 6.92 Å². The van der Waals surface area contributed by atoms with Crippen molar-refractivity contribution >= 4 is 22.3 Å². The maximum absolute atomic E-state index is 6.13. The fourth-order valence-corrected chi connectivity index (χ4v) is 2.76. The number of hydrogen-bond donors (Lipinski definition) is 2. The van der Waals surface area contributed by atoms with Crippen molar-refractivity contribution in [2.24, 2.45) is 0 Å². The Bertz CT molecular complexity index is 586. The van der Waals surface area contributed by atoms with Crippen molar-refractivity contribution in [3.05, 3.63) is 30.0 Å². The molecule has 100 valence electrons. The molecule has 0 bridgehead atoms. The maximum Gasteiger partial charge on any atom is 0.136 e. The van der Waals surface area contributed by atoms with Gasteiger partial charge in [-0.2, -0.15) is 0 Å². The first kappa shape index (κ1) is 12.2. The average Bonchev–Trinajstić information content (AvgIpc) is 2.67. The molecule has 0 aliphatic carbocycles. The summed E-state index contributed by atoms with van der Waals surface area (Å²) >= 11 is 0. The Morgan fingerprint density at radius 3 is 3.00 bits per heavy atom. The van der Waals surface area contributed by atoms with Crippen LogP contribution in [0.5, 0.6) is 0 Å². The second kappa shape index (κ2) is 5.05. The number of aromatic nitrogens is 1. The number of anilines is 2. The van der Waals surface area contributed by atoms with Crippen LogP contribution < -0.4 is 16.0 Å². The number of nitrogens with one attached hydrogen (secondary N) is 1. The Morgan fingerprint density at radius 1 is 1.21 bits per heavy atom. The number of benzene rings is 1. The van der Waals surface area contributed by atoms with E-state index in [0.717, 1.165) is 49.5 Å². The third-order valence-corrected chi connectivity index (χ3v) is 3.67. The fraction of sp³-hybridized carbons (Fsp3) is 0.400. The summed E-state index contributed by atoms with van der Waals surface area (Å²) in [5.41, 5.74) is 8.15. The fourth-order valence-electron chi connectivity index (χ4n) is 2.76. The smallest absolute Gasteiger partial charge is 0.136 e. The van der Waals surface area contributed by atoms with E-state index in [9.17, 15) is 0 Å². The highest BCUT2D eigenvalue weighted by atomic mass is 15.2. The number of fused-ring (bicyclic) bond motifs is 1. The van der Waals surface area contributed by atoms with Crippen molar-refractivity contribution in [1.82, 2.24) is 10.3 Å². The van der Waals surface area contributed by atoms with E-state index < -0.39 is 0 Å². The molecule has 1 aromatic heterocycles. The second-order valence-electron chi connectivity index (χ2n) is 5.17. The maximum atomic E-state index is 6.13. The zero-order valence-corrected chi connectivity index (χ0v) is 11.3. The van der Waals surface area contributed by atoms with Gasteiger partial charge < -0.3 is 16.0 Å². The van der Waals surface area contributed by atoms with Crippen molar-refractivity contribution in [1.29, 1.82) is 0 Å². The van der Waals surface area contributed by atoms with Crippen LogP contribution in [-0.2, 0) is 0 Å². The SMILES string of the molecule is Cc1cc(N)c2ccnc(N3CCCNCC3)c2c1. The summed E-state index contributed by atoms with van der Waals surface area (Å²) in [5.74, 6) is 1.07. The van der Waals surface area contributed by atoms with Gasteiger partial charge >= 0.3 is 0 Å². The minimum Gasteiger partial charge on any atom is -0.398 e. The summed E-state index contributed by atoms with van der Waals surface area (Å²) in [7, 11) is 0. The van der Waals surface area contributed by atoms with E-state index in [-0.39, 0.29) is 0 Å². The summed E-state index contributed by atoms with van der Waals surface area (Å²) in [6.07, 6.45) is 3.01. The third kappa shape index (κ3) is 2.36. The molecule has 1 fully saturated rings. The predicted molar refractivity (Wildman–Crippen MR) is 80.6 cm³/mol. The van der Waals surface area contributed by atoms with E-state index in [2.05, 4.69) is 28.2 Å². The minimum atomic E-state index is 0.839. The Labute approximate surface area is 113 Å². The van der Waals surface area contributed by atoms with Crippen LogP contribution in [0.15, 0.2) is 24.4 Å². The minimum absolute atomic E-state index is 0.839. The van der Waals surface area contributed by atoms with Crippen LogP contribution in [0.1, 0.15) is 12.0 Å². The van der Waals surface area contributed by atoms with E-state index >= 15 is 0 Å². The monoisotopic (exact) mass is 256 g/mol. The zero-order chi connectivity index (χ0) is 13.2. The molecular formula is C15H20N4. The molecule has 4 heteroatoms. The third-order valence-electron chi connectivity index (χ3n) is 3.67. The molecule has 2 aromatic rings. The van der Waals surface area contributed by atoms with E-state index in [0.29, 0.717) is 0 Å². The standard InChI is InChI=1S/C15H20N4/c1-11-9-13-12(14(16)10-11)3-5-18-15(13)19-7-2-4-17-6-8-19/h3,5,9-10,17H,2,4,6-8,16H2,1H3. The Hall–Kier alpha value is -1.81.